The molecule has 4 rings (SSSR count). The molecule has 0 unspecified atom stereocenters. The van der Waals surface area contributed by atoms with E-state index in [1.165, 1.54) is 14.2 Å². The van der Waals surface area contributed by atoms with Crippen LogP contribution in [0.2, 0.25) is 19.6 Å². The molecule has 0 atom stereocenters. The van der Waals surface area contributed by atoms with Gasteiger partial charge in [-0.15, -0.1) is 0 Å². The molecule has 1 aliphatic rings. The normalized spacial score (nSPS) is 13.9. The van der Waals surface area contributed by atoms with E-state index < -0.39 is 25.4 Å². The molecule has 7 heteroatoms. The Morgan fingerprint density at radius 3 is 1.77 bits per heavy atom. The Hall–Kier alpha value is -3.71. The molecule has 3 aromatic carbocycles. The van der Waals surface area contributed by atoms with Gasteiger partial charge in [0.1, 0.15) is 0 Å². The second kappa shape index (κ2) is 10.8. The molecular weight excluding hydrogens is 506 g/mol. The van der Waals surface area contributed by atoms with E-state index in [4.69, 9.17) is 9.47 Å². The number of esters is 2. The van der Waals surface area contributed by atoms with Gasteiger partial charge < -0.3 is 14.4 Å². The fourth-order valence-electron chi connectivity index (χ4n) is 6.03. The Kier molecular flexibility index (Phi) is 7.84. The van der Waals surface area contributed by atoms with Crippen molar-refractivity contribution in [2.45, 2.75) is 52.9 Å². The highest BCUT2D eigenvalue weighted by molar-refractivity contribution is 6.90. The minimum absolute atomic E-state index is 0.0911. The lowest BCUT2D eigenvalue weighted by atomic mass is 9.84. The molecule has 0 radical (unpaired) electrons. The molecule has 1 aliphatic carbocycles. The molecule has 6 nitrogen and oxygen atoms in total. The molecule has 0 fully saturated rings. The van der Waals surface area contributed by atoms with E-state index in [0.717, 1.165) is 38.7 Å². The minimum atomic E-state index is -2.07. The van der Waals surface area contributed by atoms with E-state index in [9.17, 15) is 14.4 Å². The first kappa shape index (κ1) is 28.3. The Labute approximate surface area is 232 Å². The van der Waals surface area contributed by atoms with Gasteiger partial charge in [0.15, 0.2) is 5.41 Å². The van der Waals surface area contributed by atoms with Gasteiger partial charge in [-0.25, -0.2) is 0 Å². The minimum Gasteiger partial charge on any atom is -0.468 e. The van der Waals surface area contributed by atoms with Crippen LogP contribution in [0.3, 0.4) is 0 Å². The van der Waals surface area contributed by atoms with Gasteiger partial charge in [0.2, 0.25) is 0 Å². The van der Waals surface area contributed by atoms with Crippen LogP contribution in [0.15, 0.2) is 60.7 Å². The van der Waals surface area contributed by atoms with Crippen molar-refractivity contribution in [3.8, 4) is 0 Å². The standard InChI is InChI=1S/C32H37NO5Si/c1-21-25-18-32(30(35)37-3,31(36)38-4)19-26(25)22(2)28(39(5,6)7)27(21)33(20-23-14-10-8-11-15-23)29(34)24-16-12-9-13-17-24/h8-17H,18-20H2,1-7H3. The van der Waals surface area contributed by atoms with Crippen molar-refractivity contribution in [1.29, 1.82) is 0 Å². The zero-order valence-corrected chi connectivity index (χ0v) is 24.9. The van der Waals surface area contributed by atoms with Gasteiger partial charge in [-0.1, -0.05) is 68.2 Å². The summed E-state index contributed by atoms with van der Waals surface area (Å²) in [5.41, 5.74) is 4.92. The molecule has 204 valence electrons. The fourth-order valence-corrected chi connectivity index (χ4v) is 8.34. The average molecular weight is 544 g/mol. The molecule has 0 saturated carbocycles. The largest absolute Gasteiger partial charge is 0.468 e. The molecule has 0 bridgehead atoms. The average Bonchev–Trinajstić information content (AvgIpc) is 3.36. The zero-order chi connectivity index (χ0) is 28.5. The number of ether oxygens (including phenoxy) is 2. The van der Waals surface area contributed by atoms with E-state index in [1.807, 2.05) is 72.5 Å². The van der Waals surface area contributed by atoms with Gasteiger partial charge >= 0.3 is 11.9 Å². The molecule has 39 heavy (non-hydrogen) atoms. The molecule has 0 spiro atoms. The smallest absolute Gasteiger partial charge is 0.323 e. The van der Waals surface area contributed by atoms with Gasteiger partial charge in [0.05, 0.1) is 28.8 Å². The summed E-state index contributed by atoms with van der Waals surface area (Å²) in [4.78, 5) is 42.3. The van der Waals surface area contributed by atoms with Crippen LogP contribution in [0.5, 0.6) is 0 Å². The summed E-state index contributed by atoms with van der Waals surface area (Å²) >= 11 is 0. The maximum atomic E-state index is 14.2. The number of carbonyl (C=O) groups excluding carboxylic acids is 3. The van der Waals surface area contributed by atoms with Crippen molar-refractivity contribution >= 4 is 36.8 Å². The van der Waals surface area contributed by atoms with Crippen LogP contribution in [0, 0.1) is 19.3 Å². The Morgan fingerprint density at radius 2 is 1.28 bits per heavy atom. The van der Waals surface area contributed by atoms with Crippen molar-refractivity contribution in [2.75, 3.05) is 19.1 Å². The molecule has 0 heterocycles. The van der Waals surface area contributed by atoms with Gasteiger partial charge in [0.25, 0.3) is 5.91 Å². The monoisotopic (exact) mass is 543 g/mol. The number of carbonyl (C=O) groups is 3. The first-order chi connectivity index (χ1) is 18.5. The second-order valence-corrected chi connectivity index (χ2v) is 16.3. The van der Waals surface area contributed by atoms with Gasteiger partial charge in [-0.2, -0.15) is 0 Å². The SMILES string of the molecule is COC(=O)C1(C(=O)OC)Cc2c(C)c(N(Cc3ccccc3)C(=O)c3ccccc3)c([Si](C)(C)C)c(C)c2C1. The second-order valence-electron chi connectivity index (χ2n) is 11.3. The summed E-state index contributed by atoms with van der Waals surface area (Å²) in [7, 11) is 0.534. The third-order valence-electron chi connectivity index (χ3n) is 7.82. The molecule has 1 amide bonds. The zero-order valence-electron chi connectivity index (χ0n) is 23.9. The third-order valence-corrected chi connectivity index (χ3v) is 9.93. The van der Waals surface area contributed by atoms with Gasteiger partial charge in [-0.05, 0) is 59.0 Å². The summed E-state index contributed by atoms with van der Waals surface area (Å²) < 4.78 is 10.3. The van der Waals surface area contributed by atoms with Crippen LogP contribution in [0.25, 0.3) is 0 Å². The lowest BCUT2D eigenvalue weighted by Crippen LogP contribution is -2.46. The van der Waals surface area contributed by atoms with Crippen LogP contribution < -0.4 is 10.1 Å². The molecule has 0 N–H and O–H groups in total. The number of hydrogen-bond donors (Lipinski definition) is 0. The van der Waals surface area contributed by atoms with Crippen LogP contribution >= 0.6 is 0 Å². The summed E-state index contributed by atoms with van der Waals surface area (Å²) in [5, 5.41) is 1.16. The predicted octanol–water partition coefficient (Wildman–Crippen LogP) is 5.13. The predicted molar refractivity (Wildman–Crippen MR) is 156 cm³/mol. The van der Waals surface area contributed by atoms with Crippen LogP contribution in [-0.2, 0) is 38.4 Å². The number of hydrogen-bond acceptors (Lipinski definition) is 5. The van der Waals surface area contributed by atoms with Crippen molar-refractivity contribution in [2.24, 2.45) is 5.41 Å². The first-order valence-corrected chi connectivity index (χ1v) is 16.7. The highest BCUT2D eigenvalue weighted by Gasteiger charge is 2.54. The van der Waals surface area contributed by atoms with E-state index in [1.54, 1.807) is 0 Å². The van der Waals surface area contributed by atoms with E-state index in [2.05, 4.69) is 26.6 Å². The number of amides is 1. The quantitative estimate of drug-likeness (QED) is 0.235. The topological polar surface area (TPSA) is 72.9 Å². The fraction of sp³-hybridized carbons (Fsp3) is 0.344. The number of methoxy groups -OCH3 is 2. The first-order valence-electron chi connectivity index (χ1n) is 13.2. The molecule has 0 aliphatic heterocycles. The maximum Gasteiger partial charge on any atom is 0.323 e. The van der Waals surface area contributed by atoms with Crippen molar-refractivity contribution < 1.29 is 23.9 Å². The van der Waals surface area contributed by atoms with Crippen molar-refractivity contribution in [3.05, 3.63) is 94.0 Å². The Morgan fingerprint density at radius 1 is 0.795 bits per heavy atom. The summed E-state index contributed by atoms with van der Waals surface area (Å²) in [6.07, 6.45) is 0.392. The lowest BCUT2D eigenvalue weighted by molar-refractivity contribution is -0.168. The summed E-state index contributed by atoms with van der Waals surface area (Å²) in [6, 6.07) is 19.3. The van der Waals surface area contributed by atoms with E-state index in [0.29, 0.717) is 12.1 Å². The number of benzene rings is 3. The van der Waals surface area contributed by atoms with Crippen LogP contribution in [0.4, 0.5) is 5.69 Å². The third kappa shape index (κ3) is 5.03. The number of fused-ring (bicyclic) bond motifs is 1. The highest BCUT2D eigenvalue weighted by atomic mass is 28.3. The van der Waals surface area contributed by atoms with Crippen LogP contribution in [0.1, 0.15) is 38.2 Å². The van der Waals surface area contributed by atoms with Crippen molar-refractivity contribution in [3.63, 3.8) is 0 Å². The van der Waals surface area contributed by atoms with Gasteiger partial charge in [0, 0.05) is 24.1 Å². The van der Waals surface area contributed by atoms with Crippen LogP contribution in [-0.4, -0.2) is 40.1 Å². The summed E-state index contributed by atoms with van der Waals surface area (Å²) in [6.45, 7) is 11.3. The summed E-state index contributed by atoms with van der Waals surface area (Å²) in [5.74, 6) is -1.28. The number of nitrogens with zero attached hydrogens (tertiary/aromatic N) is 1. The number of anilines is 1. The Balaban J connectivity index is 2.01. The molecule has 0 saturated heterocycles. The lowest BCUT2D eigenvalue weighted by Gasteiger charge is -2.34. The maximum absolute atomic E-state index is 14.2. The molecule has 0 aromatic heterocycles. The van der Waals surface area contributed by atoms with E-state index >= 15 is 0 Å². The number of rotatable bonds is 7. The van der Waals surface area contributed by atoms with E-state index in [-0.39, 0.29) is 18.7 Å². The molecule has 3 aromatic rings. The molecular formula is C32H37NO5Si. The van der Waals surface area contributed by atoms with Gasteiger partial charge in [-0.3, -0.25) is 14.4 Å². The van der Waals surface area contributed by atoms with Crippen molar-refractivity contribution in [1.82, 2.24) is 0 Å². The Bertz CT molecular complexity index is 1390. The highest BCUT2D eigenvalue weighted by Crippen LogP contribution is 2.45.